The minimum Gasteiger partial charge on any atom is -0.421 e. The first kappa shape index (κ1) is 11.8. The van der Waals surface area contributed by atoms with Crippen molar-refractivity contribution in [2.45, 2.75) is 31.4 Å². The van der Waals surface area contributed by atoms with Crippen molar-refractivity contribution in [3.05, 3.63) is 35.9 Å². The predicted molar refractivity (Wildman–Crippen MR) is 68.2 cm³/mol. The summed E-state index contributed by atoms with van der Waals surface area (Å²) in [6.07, 6.45) is 4.80. The Morgan fingerprint density at radius 3 is 2.88 bits per heavy atom. The van der Waals surface area contributed by atoms with Crippen LogP contribution in [0.2, 0.25) is 0 Å². The molecule has 88 valence electrons. The summed E-state index contributed by atoms with van der Waals surface area (Å²) in [5.74, 6) is 0. The van der Waals surface area contributed by atoms with Crippen molar-refractivity contribution in [3.63, 3.8) is 0 Å². The first-order valence-electron chi connectivity index (χ1n) is 6.18. The lowest BCUT2D eigenvalue weighted by molar-refractivity contribution is 0.0551. The maximum atomic E-state index is 5.79. The van der Waals surface area contributed by atoms with Gasteiger partial charge in [0, 0.05) is 13.2 Å². The summed E-state index contributed by atoms with van der Waals surface area (Å²) in [4.78, 5) is 0. The zero-order valence-electron chi connectivity index (χ0n) is 9.73. The molecule has 1 saturated heterocycles. The van der Waals surface area contributed by atoms with Gasteiger partial charge in [0.05, 0.1) is 5.73 Å². The third kappa shape index (κ3) is 4.08. The monoisotopic (exact) mass is 236 g/mol. The maximum absolute atomic E-state index is 5.79. The molecule has 0 aliphatic carbocycles. The fraction of sp³-hybridized carbons (Fsp3) is 0.538. The van der Waals surface area contributed by atoms with E-state index >= 15 is 0 Å². The van der Waals surface area contributed by atoms with Gasteiger partial charge in [0.25, 0.3) is 0 Å². The van der Waals surface area contributed by atoms with Gasteiger partial charge in [-0.2, -0.15) is 0 Å². The van der Waals surface area contributed by atoms with Gasteiger partial charge in [-0.25, -0.2) is 0 Å². The number of ether oxygens (including phenoxy) is 1. The molecule has 1 atom stereocenters. The molecule has 0 amide bonds. The largest absolute Gasteiger partial charge is 0.421 e. The second kappa shape index (κ2) is 6.84. The normalized spacial score (nSPS) is 21.6. The molecular weight excluding hydrogens is 216 g/mol. The van der Waals surface area contributed by atoms with Crippen molar-refractivity contribution in [2.75, 3.05) is 13.2 Å². The molecule has 0 N–H and O–H groups in total. The van der Waals surface area contributed by atoms with Crippen LogP contribution in [0, 0.1) is 0 Å². The lowest BCUT2D eigenvalue weighted by Gasteiger charge is -2.21. The van der Waals surface area contributed by atoms with Gasteiger partial charge in [-0.1, -0.05) is 30.3 Å². The van der Waals surface area contributed by atoms with Gasteiger partial charge in [0.15, 0.2) is 9.76 Å². The van der Waals surface area contributed by atoms with Crippen LogP contribution in [0.5, 0.6) is 0 Å². The van der Waals surface area contributed by atoms with Gasteiger partial charge in [-0.15, -0.1) is 0 Å². The molecule has 1 aromatic rings. The average molecular weight is 236 g/mol. The van der Waals surface area contributed by atoms with Crippen molar-refractivity contribution in [2.24, 2.45) is 0 Å². The molecule has 0 spiro atoms. The Morgan fingerprint density at radius 2 is 2.12 bits per heavy atom. The highest BCUT2D eigenvalue weighted by molar-refractivity contribution is 6.29. The molecule has 1 fully saturated rings. The van der Waals surface area contributed by atoms with Crippen molar-refractivity contribution in [1.82, 2.24) is 0 Å². The second-order valence-electron chi connectivity index (χ2n) is 4.30. The standard InChI is InChI=1S/C13H20O2Si/c1-2-6-12(7-3-1)9-11-15-16-13-8-4-5-10-14-13/h1-3,6-7,13H,4-5,8-11,16H2. The summed E-state index contributed by atoms with van der Waals surface area (Å²) < 4.78 is 11.5. The van der Waals surface area contributed by atoms with Crippen LogP contribution in [0.25, 0.3) is 0 Å². The van der Waals surface area contributed by atoms with E-state index in [1.54, 1.807) is 0 Å². The van der Waals surface area contributed by atoms with Crippen LogP contribution < -0.4 is 0 Å². The highest BCUT2D eigenvalue weighted by atomic mass is 28.2. The summed E-state index contributed by atoms with van der Waals surface area (Å²) in [5, 5.41) is 0. The highest BCUT2D eigenvalue weighted by Gasteiger charge is 2.14. The Kier molecular flexibility index (Phi) is 5.05. The number of rotatable bonds is 5. The molecule has 16 heavy (non-hydrogen) atoms. The van der Waals surface area contributed by atoms with E-state index in [0.29, 0.717) is 5.73 Å². The number of hydrogen-bond acceptors (Lipinski definition) is 2. The molecule has 1 heterocycles. The van der Waals surface area contributed by atoms with E-state index < -0.39 is 9.76 Å². The van der Waals surface area contributed by atoms with E-state index in [4.69, 9.17) is 9.16 Å². The third-order valence-electron chi connectivity index (χ3n) is 2.96. The van der Waals surface area contributed by atoms with Crippen molar-refractivity contribution >= 4 is 9.76 Å². The first-order valence-corrected chi connectivity index (χ1v) is 7.58. The Labute approximate surface area is 99.9 Å². The van der Waals surface area contributed by atoms with Gasteiger partial charge < -0.3 is 9.16 Å². The lowest BCUT2D eigenvalue weighted by Crippen LogP contribution is -2.27. The minimum absolute atomic E-state index is 0.473. The summed E-state index contributed by atoms with van der Waals surface area (Å²) in [7, 11) is -0.473. The molecule has 0 radical (unpaired) electrons. The third-order valence-corrected chi connectivity index (χ3v) is 4.50. The Hall–Kier alpha value is -0.643. The zero-order chi connectivity index (χ0) is 11.1. The highest BCUT2D eigenvalue weighted by Crippen LogP contribution is 2.11. The fourth-order valence-corrected chi connectivity index (χ4v) is 3.28. The Bertz CT molecular complexity index is 283. The molecular formula is C13H20O2Si. The van der Waals surface area contributed by atoms with E-state index in [1.807, 2.05) is 0 Å². The molecule has 0 saturated carbocycles. The van der Waals surface area contributed by atoms with Crippen LogP contribution >= 0.6 is 0 Å². The quantitative estimate of drug-likeness (QED) is 0.574. The minimum atomic E-state index is -0.473. The fourth-order valence-electron chi connectivity index (χ4n) is 1.99. The van der Waals surface area contributed by atoms with E-state index in [0.717, 1.165) is 19.6 Å². The Balaban J connectivity index is 1.58. The van der Waals surface area contributed by atoms with Crippen molar-refractivity contribution in [1.29, 1.82) is 0 Å². The number of hydrogen-bond donors (Lipinski definition) is 0. The van der Waals surface area contributed by atoms with Gasteiger partial charge >= 0.3 is 0 Å². The summed E-state index contributed by atoms with van der Waals surface area (Å²) in [6, 6.07) is 10.5. The molecule has 1 unspecified atom stereocenters. The van der Waals surface area contributed by atoms with Crippen molar-refractivity contribution < 1.29 is 9.16 Å². The lowest BCUT2D eigenvalue weighted by atomic mass is 10.2. The predicted octanol–water partition coefficient (Wildman–Crippen LogP) is 1.86. The molecule has 3 heteroatoms. The summed E-state index contributed by atoms with van der Waals surface area (Å²) in [5.41, 5.74) is 1.84. The van der Waals surface area contributed by atoms with Gasteiger partial charge in [0.2, 0.25) is 0 Å². The van der Waals surface area contributed by atoms with Crippen LogP contribution in [0.3, 0.4) is 0 Å². The summed E-state index contributed by atoms with van der Waals surface area (Å²) in [6.45, 7) is 1.80. The molecule has 0 aromatic heterocycles. The van der Waals surface area contributed by atoms with E-state index in [2.05, 4.69) is 30.3 Å². The van der Waals surface area contributed by atoms with E-state index in [9.17, 15) is 0 Å². The van der Waals surface area contributed by atoms with Crippen molar-refractivity contribution in [3.8, 4) is 0 Å². The summed E-state index contributed by atoms with van der Waals surface area (Å²) >= 11 is 0. The molecule has 1 aliphatic rings. The smallest absolute Gasteiger partial charge is 0.190 e. The van der Waals surface area contributed by atoms with Crippen LogP contribution in [0.4, 0.5) is 0 Å². The molecule has 1 aliphatic heterocycles. The van der Waals surface area contributed by atoms with Crippen LogP contribution in [-0.4, -0.2) is 28.7 Å². The van der Waals surface area contributed by atoms with Crippen LogP contribution in [-0.2, 0) is 15.6 Å². The van der Waals surface area contributed by atoms with Crippen LogP contribution in [0.15, 0.2) is 30.3 Å². The van der Waals surface area contributed by atoms with Gasteiger partial charge in [0.1, 0.15) is 0 Å². The average Bonchev–Trinajstić information content (AvgIpc) is 2.37. The molecule has 0 bridgehead atoms. The maximum Gasteiger partial charge on any atom is 0.190 e. The SMILES string of the molecule is c1ccc(CCO[SiH2]C2CCCCO2)cc1. The van der Waals surface area contributed by atoms with E-state index in [1.165, 1.54) is 24.8 Å². The topological polar surface area (TPSA) is 18.5 Å². The molecule has 2 nitrogen and oxygen atoms in total. The molecule has 1 aromatic carbocycles. The van der Waals surface area contributed by atoms with E-state index in [-0.39, 0.29) is 0 Å². The molecule has 2 rings (SSSR count). The zero-order valence-corrected chi connectivity index (χ0v) is 11.1. The van der Waals surface area contributed by atoms with Gasteiger partial charge in [-0.05, 0) is 31.2 Å². The number of benzene rings is 1. The first-order chi connectivity index (χ1) is 7.95. The van der Waals surface area contributed by atoms with Gasteiger partial charge in [-0.3, -0.25) is 0 Å². The van der Waals surface area contributed by atoms with Crippen LogP contribution in [0.1, 0.15) is 24.8 Å². The Morgan fingerprint density at radius 1 is 1.25 bits per heavy atom. The second-order valence-corrected chi connectivity index (χ2v) is 5.95.